The smallest absolute Gasteiger partial charge is 0.407 e. The van der Waals surface area contributed by atoms with Crippen molar-refractivity contribution >= 4 is 23.6 Å². The number of carbonyl (C=O) groups excluding carboxylic acids is 3. The Labute approximate surface area is 152 Å². The van der Waals surface area contributed by atoms with Gasteiger partial charge in [0.15, 0.2) is 0 Å². The number of ether oxygens (including phenoxy) is 1. The number of rotatable bonds is 7. The fourth-order valence-corrected chi connectivity index (χ4v) is 1.94. The molecule has 0 saturated heterocycles. The summed E-state index contributed by atoms with van der Waals surface area (Å²) in [4.78, 5) is 34.9. The first-order chi connectivity index (χ1) is 12.2. The first-order valence-corrected chi connectivity index (χ1v) is 8.19. The zero-order valence-electron chi connectivity index (χ0n) is 15.2. The van der Waals surface area contributed by atoms with Crippen LogP contribution in [0, 0.1) is 11.3 Å². The van der Waals surface area contributed by atoms with Gasteiger partial charge in [-0.1, -0.05) is 18.2 Å². The van der Waals surface area contributed by atoms with Gasteiger partial charge in [0.05, 0.1) is 6.07 Å². The summed E-state index contributed by atoms with van der Waals surface area (Å²) in [6.07, 6.45) is -0.713. The standard InChI is InChI=1S/C18H24N4O4/c1-18(2,3)26-17(25)20-11-9-15(23)21-12-13-6-4-5-7-14(13)22-16(24)8-10-19/h4-7H,8-9,11-12H2,1-3H3,(H,20,25)(H,21,23)(H,22,24). The third kappa shape index (κ3) is 8.68. The molecule has 0 aliphatic carbocycles. The molecule has 0 aromatic heterocycles. The number of carbonyl (C=O) groups is 3. The van der Waals surface area contributed by atoms with Crippen LogP contribution in [0.5, 0.6) is 0 Å². The number of hydrogen-bond acceptors (Lipinski definition) is 5. The number of alkyl carbamates (subject to hydrolysis) is 1. The SMILES string of the molecule is CC(C)(C)OC(=O)NCCC(=O)NCc1ccccc1NC(=O)CC#N. The Morgan fingerprint density at radius 2 is 1.81 bits per heavy atom. The van der Waals surface area contributed by atoms with E-state index in [1.54, 1.807) is 51.1 Å². The topological polar surface area (TPSA) is 120 Å². The number of nitriles is 1. The lowest BCUT2D eigenvalue weighted by molar-refractivity contribution is -0.121. The summed E-state index contributed by atoms with van der Waals surface area (Å²) in [5, 5.41) is 16.4. The van der Waals surface area contributed by atoms with Crippen LogP contribution in [0.2, 0.25) is 0 Å². The molecule has 0 unspecified atom stereocenters. The van der Waals surface area contributed by atoms with Crippen molar-refractivity contribution in [1.82, 2.24) is 10.6 Å². The molecular weight excluding hydrogens is 336 g/mol. The number of nitrogens with one attached hydrogen (secondary N) is 3. The summed E-state index contributed by atoms with van der Waals surface area (Å²) >= 11 is 0. The molecule has 0 aliphatic rings. The van der Waals surface area contributed by atoms with Crippen molar-refractivity contribution in [3.63, 3.8) is 0 Å². The van der Waals surface area contributed by atoms with Gasteiger partial charge in [-0.05, 0) is 32.4 Å². The minimum Gasteiger partial charge on any atom is -0.444 e. The van der Waals surface area contributed by atoms with Gasteiger partial charge in [-0.3, -0.25) is 9.59 Å². The summed E-state index contributed by atoms with van der Waals surface area (Å²) in [5.41, 5.74) is 0.665. The third-order valence-electron chi connectivity index (χ3n) is 3.03. The number of amides is 3. The van der Waals surface area contributed by atoms with Crippen LogP contribution in [0.15, 0.2) is 24.3 Å². The fraction of sp³-hybridized carbons (Fsp3) is 0.444. The predicted octanol–water partition coefficient (Wildman–Crippen LogP) is 2.07. The lowest BCUT2D eigenvalue weighted by Crippen LogP contribution is -2.35. The van der Waals surface area contributed by atoms with E-state index in [0.717, 1.165) is 0 Å². The molecule has 0 aliphatic heterocycles. The lowest BCUT2D eigenvalue weighted by Gasteiger charge is -2.19. The summed E-state index contributed by atoms with van der Waals surface area (Å²) in [6.45, 7) is 5.64. The van der Waals surface area contributed by atoms with E-state index in [4.69, 9.17) is 10.00 Å². The van der Waals surface area contributed by atoms with Crippen molar-refractivity contribution in [1.29, 1.82) is 5.26 Å². The van der Waals surface area contributed by atoms with Crippen LogP contribution in [-0.2, 0) is 20.9 Å². The average molecular weight is 360 g/mol. The monoisotopic (exact) mass is 360 g/mol. The van der Waals surface area contributed by atoms with Crippen molar-refractivity contribution in [2.75, 3.05) is 11.9 Å². The maximum atomic E-state index is 11.9. The highest BCUT2D eigenvalue weighted by Crippen LogP contribution is 2.15. The van der Waals surface area contributed by atoms with Gasteiger partial charge in [0.2, 0.25) is 11.8 Å². The van der Waals surface area contributed by atoms with Gasteiger partial charge >= 0.3 is 6.09 Å². The number of anilines is 1. The van der Waals surface area contributed by atoms with Gasteiger partial charge in [-0.25, -0.2) is 4.79 Å². The van der Waals surface area contributed by atoms with Crippen LogP contribution < -0.4 is 16.0 Å². The van der Waals surface area contributed by atoms with E-state index in [9.17, 15) is 14.4 Å². The van der Waals surface area contributed by atoms with Gasteiger partial charge < -0.3 is 20.7 Å². The molecule has 0 heterocycles. The van der Waals surface area contributed by atoms with E-state index >= 15 is 0 Å². The van der Waals surface area contributed by atoms with Crippen LogP contribution in [0.25, 0.3) is 0 Å². The molecule has 3 amide bonds. The Kier molecular flexibility index (Phi) is 8.09. The zero-order valence-corrected chi connectivity index (χ0v) is 15.2. The molecule has 1 rings (SSSR count). The second kappa shape index (κ2) is 10.0. The number of nitrogens with zero attached hydrogens (tertiary/aromatic N) is 1. The van der Waals surface area contributed by atoms with Crippen molar-refractivity contribution in [2.45, 2.75) is 45.8 Å². The molecule has 0 fully saturated rings. The molecule has 1 aromatic rings. The third-order valence-corrected chi connectivity index (χ3v) is 3.03. The minimum absolute atomic E-state index is 0.0994. The van der Waals surface area contributed by atoms with Gasteiger partial charge in [-0.2, -0.15) is 5.26 Å². The average Bonchev–Trinajstić information content (AvgIpc) is 2.52. The molecule has 140 valence electrons. The van der Waals surface area contributed by atoms with E-state index in [2.05, 4.69) is 16.0 Å². The molecule has 0 saturated carbocycles. The second-order valence-electron chi connectivity index (χ2n) is 6.50. The number of para-hydroxylation sites is 1. The molecule has 0 bridgehead atoms. The van der Waals surface area contributed by atoms with Gasteiger partial charge in [0.25, 0.3) is 0 Å². The van der Waals surface area contributed by atoms with E-state index in [0.29, 0.717) is 11.3 Å². The summed E-state index contributed by atoms with van der Waals surface area (Å²) in [5.74, 6) is -0.660. The number of benzene rings is 1. The Morgan fingerprint density at radius 3 is 2.46 bits per heavy atom. The van der Waals surface area contributed by atoms with Crippen LogP contribution in [0.3, 0.4) is 0 Å². The Balaban J connectivity index is 2.42. The molecule has 3 N–H and O–H groups in total. The normalized spacial score (nSPS) is 10.4. The van der Waals surface area contributed by atoms with E-state index in [-0.39, 0.29) is 31.8 Å². The van der Waals surface area contributed by atoms with E-state index in [1.807, 2.05) is 0 Å². The molecule has 0 atom stereocenters. The Hall–Kier alpha value is -3.08. The lowest BCUT2D eigenvalue weighted by atomic mass is 10.1. The van der Waals surface area contributed by atoms with Crippen LogP contribution in [0.4, 0.5) is 10.5 Å². The molecule has 8 nitrogen and oxygen atoms in total. The first kappa shape index (κ1) is 21.0. The van der Waals surface area contributed by atoms with Gasteiger partial charge in [-0.15, -0.1) is 0 Å². The highest BCUT2D eigenvalue weighted by molar-refractivity contribution is 5.92. The predicted molar refractivity (Wildman–Crippen MR) is 96.0 cm³/mol. The molecule has 0 spiro atoms. The zero-order chi connectivity index (χ0) is 19.6. The summed E-state index contributed by atoms with van der Waals surface area (Å²) < 4.78 is 5.08. The van der Waals surface area contributed by atoms with E-state index in [1.165, 1.54) is 0 Å². The van der Waals surface area contributed by atoms with E-state index < -0.39 is 17.6 Å². The Bertz CT molecular complexity index is 689. The van der Waals surface area contributed by atoms with Crippen molar-refractivity contribution in [3.05, 3.63) is 29.8 Å². The molecular formula is C18H24N4O4. The van der Waals surface area contributed by atoms with Crippen LogP contribution in [0.1, 0.15) is 39.2 Å². The second-order valence-corrected chi connectivity index (χ2v) is 6.50. The van der Waals surface area contributed by atoms with Crippen molar-refractivity contribution in [3.8, 4) is 6.07 Å². The minimum atomic E-state index is -0.591. The molecule has 1 aromatic carbocycles. The first-order valence-electron chi connectivity index (χ1n) is 8.19. The summed E-state index contributed by atoms with van der Waals surface area (Å²) in [7, 11) is 0. The number of hydrogen-bond donors (Lipinski definition) is 3. The molecule has 8 heteroatoms. The Morgan fingerprint density at radius 1 is 1.12 bits per heavy atom. The van der Waals surface area contributed by atoms with Gasteiger partial charge in [0, 0.05) is 25.2 Å². The quantitative estimate of drug-likeness (QED) is 0.687. The van der Waals surface area contributed by atoms with Crippen molar-refractivity contribution in [2.24, 2.45) is 0 Å². The fourth-order valence-electron chi connectivity index (χ4n) is 1.94. The van der Waals surface area contributed by atoms with Crippen LogP contribution in [-0.4, -0.2) is 30.1 Å². The maximum Gasteiger partial charge on any atom is 0.407 e. The van der Waals surface area contributed by atoms with Crippen molar-refractivity contribution < 1.29 is 19.1 Å². The summed E-state index contributed by atoms with van der Waals surface area (Å²) in [6, 6.07) is 8.77. The highest BCUT2D eigenvalue weighted by Gasteiger charge is 2.16. The largest absolute Gasteiger partial charge is 0.444 e. The maximum absolute atomic E-state index is 11.9. The highest BCUT2D eigenvalue weighted by atomic mass is 16.6. The van der Waals surface area contributed by atoms with Crippen LogP contribution >= 0.6 is 0 Å². The van der Waals surface area contributed by atoms with Gasteiger partial charge in [0.1, 0.15) is 12.0 Å². The molecule has 0 radical (unpaired) electrons. The molecule has 26 heavy (non-hydrogen) atoms.